The first kappa shape index (κ1) is 9.95. The van der Waals surface area contributed by atoms with Crippen molar-refractivity contribution in [3.63, 3.8) is 0 Å². The number of aromatic nitrogens is 2. The van der Waals surface area contributed by atoms with E-state index < -0.39 is 7.12 Å². The Labute approximate surface area is 87.9 Å². The quantitative estimate of drug-likeness (QED) is 0.666. The van der Waals surface area contributed by atoms with Crippen LogP contribution in [0.5, 0.6) is 0 Å². The van der Waals surface area contributed by atoms with Gasteiger partial charge in [-0.1, -0.05) is 6.07 Å². The molecule has 1 aromatic heterocycles. The lowest BCUT2D eigenvalue weighted by molar-refractivity contribution is 0.425. The Bertz CT molecular complexity index is 454. The smallest absolute Gasteiger partial charge is 0.423 e. The molecule has 4 nitrogen and oxygen atoms in total. The van der Waals surface area contributed by atoms with Crippen LogP contribution in [0.3, 0.4) is 0 Å². The zero-order valence-corrected chi connectivity index (χ0v) is 8.33. The maximum absolute atomic E-state index is 9.10. The first-order valence-electron chi connectivity index (χ1n) is 4.64. The summed E-state index contributed by atoms with van der Waals surface area (Å²) >= 11 is 0. The maximum atomic E-state index is 9.10. The second-order valence-electron chi connectivity index (χ2n) is 3.43. The highest BCUT2D eigenvalue weighted by Crippen LogP contribution is 2.07. The molecule has 1 aromatic carbocycles. The third-order valence-corrected chi connectivity index (χ3v) is 2.15. The fourth-order valence-electron chi connectivity index (χ4n) is 1.49. The van der Waals surface area contributed by atoms with Gasteiger partial charge in [-0.3, -0.25) is 0 Å². The van der Waals surface area contributed by atoms with E-state index in [0.29, 0.717) is 5.46 Å². The Kier molecular flexibility index (Phi) is 2.57. The molecule has 0 aliphatic rings. The molecule has 0 spiro atoms. The highest BCUT2D eigenvalue weighted by molar-refractivity contribution is 6.58. The van der Waals surface area contributed by atoms with Gasteiger partial charge in [0.1, 0.15) is 0 Å². The van der Waals surface area contributed by atoms with Crippen LogP contribution in [0, 0.1) is 6.92 Å². The molecular formula is C10H11BN2O2. The maximum Gasteiger partial charge on any atom is 0.488 e. The Balaban J connectivity index is 2.49. The molecule has 2 N–H and O–H groups in total. The first-order valence-corrected chi connectivity index (χ1v) is 4.64. The second kappa shape index (κ2) is 3.88. The molecule has 15 heavy (non-hydrogen) atoms. The summed E-state index contributed by atoms with van der Waals surface area (Å²) in [4.78, 5) is 0. The molecule has 0 saturated heterocycles. The molecule has 0 bridgehead atoms. The largest absolute Gasteiger partial charge is 0.488 e. The van der Waals surface area contributed by atoms with Crippen LogP contribution in [-0.4, -0.2) is 26.9 Å². The predicted molar refractivity (Wildman–Crippen MR) is 58.1 cm³/mol. The molecule has 0 amide bonds. The van der Waals surface area contributed by atoms with E-state index in [-0.39, 0.29) is 0 Å². The lowest BCUT2D eigenvalue weighted by Gasteiger charge is -2.06. The van der Waals surface area contributed by atoms with Crippen LogP contribution in [0.25, 0.3) is 5.69 Å². The van der Waals surface area contributed by atoms with Gasteiger partial charge in [0.25, 0.3) is 0 Å². The molecule has 1 heterocycles. The lowest BCUT2D eigenvalue weighted by atomic mass is 9.79. The molecule has 2 aromatic rings. The van der Waals surface area contributed by atoms with Gasteiger partial charge in [0, 0.05) is 12.4 Å². The normalized spacial score (nSPS) is 10.3. The van der Waals surface area contributed by atoms with Crippen LogP contribution in [0.1, 0.15) is 5.56 Å². The monoisotopic (exact) mass is 202 g/mol. The lowest BCUT2D eigenvalue weighted by Crippen LogP contribution is -2.30. The highest BCUT2D eigenvalue weighted by Gasteiger charge is 2.12. The van der Waals surface area contributed by atoms with Crippen LogP contribution in [-0.2, 0) is 0 Å². The molecule has 0 atom stereocenters. The van der Waals surface area contributed by atoms with Crippen molar-refractivity contribution in [3.8, 4) is 5.69 Å². The van der Waals surface area contributed by atoms with Crippen LogP contribution < -0.4 is 5.46 Å². The second-order valence-corrected chi connectivity index (χ2v) is 3.43. The molecule has 5 heteroatoms. The summed E-state index contributed by atoms with van der Waals surface area (Å²) in [5.74, 6) is 0. The van der Waals surface area contributed by atoms with Gasteiger partial charge < -0.3 is 10.0 Å². The van der Waals surface area contributed by atoms with E-state index in [9.17, 15) is 0 Å². The third kappa shape index (κ3) is 2.08. The average molecular weight is 202 g/mol. The van der Waals surface area contributed by atoms with Gasteiger partial charge in [0.15, 0.2) is 0 Å². The summed E-state index contributed by atoms with van der Waals surface area (Å²) in [5, 5.41) is 22.3. The summed E-state index contributed by atoms with van der Waals surface area (Å²) in [6.07, 6.45) is 3.49. The summed E-state index contributed by atoms with van der Waals surface area (Å²) in [6, 6.07) is 7.18. The zero-order chi connectivity index (χ0) is 10.8. The van der Waals surface area contributed by atoms with Crippen molar-refractivity contribution in [2.45, 2.75) is 6.92 Å². The van der Waals surface area contributed by atoms with Gasteiger partial charge in [0.2, 0.25) is 0 Å². The van der Waals surface area contributed by atoms with E-state index in [4.69, 9.17) is 10.0 Å². The molecule has 0 radical (unpaired) electrons. The molecule has 0 saturated carbocycles. The Morgan fingerprint density at radius 3 is 2.67 bits per heavy atom. The van der Waals surface area contributed by atoms with Crippen molar-refractivity contribution in [1.29, 1.82) is 0 Å². The fourth-order valence-corrected chi connectivity index (χ4v) is 1.49. The van der Waals surface area contributed by atoms with Crippen LogP contribution >= 0.6 is 0 Å². The topological polar surface area (TPSA) is 58.3 Å². The minimum atomic E-state index is -1.45. The molecule has 0 fully saturated rings. The van der Waals surface area contributed by atoms with Crippen molar-refractivity contribution < 1.29 is 10.0 Å². The standard InChI is InChI=1S/C10H11BN2O2/c1-8-5-9(11(14)15)7-10(6-8)13-4-2-3-12-13/h2-7,14-15H,1H3. The minimum Gasteiger partial charge on any atom is -0.423 e. The predicted octanol–water partition coefficient (Wildman–Crippen LogP) is -0.139. The number of benzene rings is 1. The van der Waals surface area contributed by atoms with E-state index in [1.165, 1.54) is 0 Å². The van der Waals surface area contributed by atoms with E-state index in [1.54, 1.807) is 23.0 Å². The Hall–Kier alpha value is -1.59. The average Bonchev–Trinajstić information content (AvgIpc) is 2.69. The van der Waals surface area contributed by atoms with Crippen LogP contribution in [0.2, 0.25) is 0 Å². The van der Waals surface area contributed by atoms with Gasteiger partial charge in [-0.25, -0.2) is 4.68 Å². The summed E-state index contributed by atoms with van der Waals surface area (Å²) in [6.45, 7) is 1.90. The van der Waals surface area contributed by atoms with Crippen molar-refractivity contribution in [2.24, 2.45) is 0 Å². The molecule has 0 aliphatic heterocycles. The van der Waals surface area contributed by atoms with E-state index in [0.717, 1.165) is 11.3 Å². The van der Waals surface area contributed by atoms with Gasteiger partial charge >= 0.3 is 7.12 Å². The van der Waals surface area contributed by atoms with Gasteiger partial charge in [0.05, 0.1) is 5.69 Å². The van der Waals surface area contributed by atoms with Crippen molar-refractivity contribution in [2.75, 3.05) is 0 Å². The van der Waals surface area contributed by atoms with Gasteiger partial charge in [-0.05, 0) is 36.1 Å². The number of nitrogens with zero attached hydrogens (tertiary/aromatic N) is 2. The number of rotatable bonds is 2. The summed E-state index contributed by atoms with van der Waals surface area (Å²) in [7, 11) is -1.45. The molecule has 0 unspecified atom stereocenters. The SMILES string of the molecule is Cc1cc(B(O)O)cc(-n2cccn2)c1. The molecular weight excluding hydrogens is 191 g/mol. The fraction of sp³-hybridized carbons (Fsp3) is 0.100. The van der Waals surface area contributed by atoms with Crippen molar-refractivity contribution in [1.82, 2.24) is 9.78 Å². The summed E-state index contributed by atoms with van der Waals surface area (Å²) in [5.41, 5.74) is 2.26. The Morgan fingerprint density at radius 2 is 2.07 bits per heavy atom. The van der Waals surface area contributed by atoms with Crippen LogP contribution in [0.15, 0.2) is 36.7 Å². The highest BCUT2D eigenvalue weighted by atomic mass is 16.4. The molecule has 2 rings (SSSR count). The number of aryl methyl sites for hydroxylation is 1. The van der Waals surface area contributed by atoms with E-state index in [1.807, 2.05) is 25.3 Å². The van der Waals surface area contributed by atoms with Crippen molar-refractivity contribution in [3.05, 3.63) is 42.2 Å². The Morgan fingerprint density at radius 1 is 1.27 bits per heavy atom. The summed E-state index contributed by atoms with van der Waals surface area (Å²) < 4.78 is 1.68. The van der Waals surface area contributed by atoms with Crippen molar-refractivity contribution >= 4 is 12.6 Å². The molecule has 0 aliphatic carbocycles. The molecule has 76 valence electrons. The number of hydrogen-bond donors (Lipinski definition) is 2. The first-order chi connectivity index (χ1) is 7.16. The van der Waals surface area contributed by atoms with Gasteiger partial charge in [-0.2, -0.15) is 5.10 Å². The van der Waals surface area contributed by atoms with Crippen LogP contribution in [0.4, 0.5) is 0 Å². The zero-order valence-electron chi connectivity index (χ0n) is 8.33. The minimum absolute atomic E-state index is 0.473. The number of hydrogen-bond acceptors (Lipinski definition) is 3. The van der Waals surface area contributed by atoms with Gasteiger partial charge in [-0.15, -0.1) is 0 Å². The van der Waals surface area contributed by atoms with E-state index >= 15 is 0 Å². The van der Waals surface area contributed by atoms with E-state index in [2.05, 4.69) is 5.10 Å². The third-order valence-electron chi connectivity index (χ3n) is 2.15.